The Bertz CT molecular complexity index is 1500. The molecule has 3 aromatic heterocycles. The molecule has 6 nitrogen and oxygen atoms in total. The fourth-order valence-corrected chi connectivity index (χ4v) is 7.08. The zero-order valence-corrected chi connectivity index (χ0v) is 20.9. The minimum atomic E-state index is 0.0345. The maximum Gasteiger partial charge on any atom is 0.271 e. The molecule has 1 aliphatic rings. The topological polar surface area (TPSA) is 55.2 Å². The SMILES string of the molecule is CCn1c(=Cc2scc[n+]2Cc2cc(C)on2)sc(=C2Sc3ccc(Cl)cc3N2C)c1=O. The van der Waals surface area contributed by atoms with Crippen LogP contribution in [0.5, 0.6) is 0 Å². The van der Waals surface area contributed by atoms with Crippen molar-refractivity contribution in [2.75, 3.05) is 11.9 Å². The highest BCUT2D eigenvalue weighted by molar-refractivity contribution is 8.08. The fourth-order valence-electron chi connectivity index (χ4n) is 3.62. The van der Waals surface area contributed by atoms with Crippen molar-refractivity contribution in [2.45, 2.75) is 31.8 Å². The molecule has 0 aliphatic carbocycles. The fraction of sp³-hybridized carbons (Fsp3) is 0.227. The molecule has 0 saturated heterocycles. The molecule has 0 N–H and O–H groups in total. The van der Waals surface area contributed by atoms with Crippen LogP contribution in [0.4, 0.5) is 5.69 Å². The average Bonchev–Trinajstić information content (AvgIpc) is 3.52. The van der Waals surface area contributed by atoms with Gasteiger partial charge in [0.25, 0.3) is 10.6 Å². The molecule has 0 unspecified atom stereocenters. The average molecular weight is 504 g/mol. The van der Waals surface area contributed by atoms with Gasteiger partial charge in [0.05, 0.1) is 17.1 Å². The van der Waals surface area contributed by atoms with Gasteiger partial charge in [-0.25, -0.2) is 0 Å². The predicted molar refractivity (Wildman–Crippen MR) is 131 cm³/mol. The van der Waals surface area contributed by atoms with Gasteiger partial charge < -0.3 is 9.42 Å². The molecule has 0 saturated carbocycles. The monoisotopic (exact) mass is 503 g/mol. The van der Waals surface area contributed by atoms with E-state index < -0.39 is 0 Å². The number of hydrogen-bond acceptors (Lipinski definition) is 7. The summed E-state index contributed by atoms with van der Waals surface area (Å²) in [5.74, 6) is 0.793. The van der Waals surface area contributed by atoms with Crippen molar-refractivity contribution >= 4 is 62.8 Å². The Balaban J connectivity index is 1.61. The van der Waals surface area contributed by atoms with Gasteiger partial charge in [0.1, 0.15) is 25.7 Å². The maximum absolute atomic E-state index is 13.3. The lowest BCUT2D eigenvalue weighted by atomic mass is 10.3. The molecule has 32 heavy (non-hydrogen) atoms. The van der Waals surface area contributed by atoms with E-state index in [0.717, 1.165) is 41.3 Å². The van der Waals surface area contributed by atoms with E-state index in [2.05, 4.69) is 20.7 Å². The number of aromatic nitrogens is 3. The highest BCUT2D eigenvalue weighted by Crippen LogP contribution is 2.46. The van der Waals surface area contributed by atoms with Crippen LogP contribution in [-0.2, 0) is 13.1 Å². The van der Waals surface area contributed by atoms with Gasteiger partial charge >= 0.3 is 0 Å². The summed E-state index contributed by atoms with van der Waals surface area (Å²) in [6.45, 7) is 5.11. The number of thiazole rings is 2. The first-order chi connectivity index (χ1) is 15.4. The van der Waals surface area contributed by atoms with Crippen molar-refractivity contribution in [1.29, 1.82) is 0 Å². The maximum atomic E-state index is 13.3. The molecule has 0 fully saturated rings. The molecule has 4 heterocycles. The van der Waals surface area contributed by atoms with Gasteiger partial charge in [0, 0.05) is 29.6 Å². The third-order valence-corrected chi connectivity index (χ3v) is 8.76. The van der Waals surface area contributed by atoms with Crippen LogP contribution < -0.4 is 24.2 Å². The molecule has 0 radical (unpaired) electrons. The molecule has 0 atom stereocenters. The van der Waals surface area contributed by atoms with E-state index in [1.54, 1.807) is 23.1 Å². The van der Waals surface area contributed by atoms with Gasteiger partial charge in [0.15, 0.2) is 12.7 Å². The first-order valence-corrected chi connectivity index (χ1v) is 12.9. The summed E-state index contributed by atoms with van der Waals surface area (Å²) in [5.41, 5.74) is 1.93. The summed E-state index contributed by atoms with van der Waals surface area (Å²) in [4.78, 5) is 16.5. The summed E-state index contributed by atoms with van der Waals surface area (Å²) in [5, 5.41) is 8.82. The standard InChI is InChI=1S/C22H20ClN4O2S3/c1-4-27-19(11-18-26(7-8-30-18)12-15-9-13(2)29-24-15)32-20(21(27)28)22-25(3)16-10-14(23)5-6-17(16)31-22/h5-11H,4,12H2,1-3H3/q+1. The minimum absolute atomic E-state index is 0.0345. The highest BCUT2D eigenvalue weighted by atomic mass is 35.5. The van der Waals surface area contributed by atoms with Gasteiger partial charge in [0.2, 0.25) is 0 Å². The van der Waals surface area contributed by atoms with Crippen molar-refractivity contribution in [2.24, 2.45) is 0 Å². The van der Waals surface area contributed by atoms with Crippen molar-refractivity contribution < 1.29 is 9.09 Å². The van der Waals surface area contributed by atoms with E-state index in [-0.39, 0.29) is 5.56 Å². The second-order valence-corrected chi connectivity index (χ2v) is 10.8. The van der Waals surface area contributed by atoms with Crippen LogP contribution in [0, 0.1) is 6.92 Å². The normalized spacial score (nSPS) is 15.6. The molecule has 0 bridgehead atoms. The number of fused-ring (bicyclic) bond motifs is 1. The molecule has 0 amide bonds. The lowest BCUT2D eigenvalue weighted by molar-refractivity contribution is -0.685. The van der Waals surface area contributed by atoms with Crippen molar-refractivity contribution in [1.82, 2.24) is 9.72 Å². The third kappa shape index (κ3) is 3.83. The van der Waals surface area contributed by atoms with Crippen LogP contribution in [0.15, 0.2) is 50.1 Å². The van der Waals surface area contributed by atoms with E-state index >= 15 is 0 Å². The van der Waals surface area contributed by atoms with Crippen LogP contribution in [0.1, 0.15) is 23.4 Å². The molecular formula is C22H20ClN4O2S3+. The third-order valence-electron chi connectivity index (χ3n) is 5.18. The number of benzene rings is 1. The molecule has 0 spiro atoms. The summed E-state index contributed by atoms with van der Waals surface area (Å²) in [6, 6.07) is 7.77. The van der Waals surface area contributed by atoms with Gasteiger partial charge in [-0.3, -0.25) is 9.36 Å². The number of thioether (sulfide) groups is 1. The Morgan fingerprint density at radius 1 is 1.31 bits per heavy atom. The summed E-state index contributed by atoms with van der Waals surface area (Å²) >= 11 is 11.0. The van der Waals surface area contributed by atoms with Crippen LogP contribution in [-0.4, -0.2) is 16.8 Å². The number of anilines is 1. The zero-order chi connectivity index (χ0) is 22.4. The van der Waals surface area contributed by atoms with Crippen molar-refractivity contribution in [3.05, 3.63) is 76.9 Å². The minimum Gasteiger partial charge on any atom is -0.361 e. The van der Waals surface area contributed by atoms with Crippen LogP contribution in [0.2, 0.25) is 5.02 Å². The number of aryl methyl sites for hydroxylation is 1. The van der Waals surface area contributed by atoms with Crippen molar-refractivity contribution in [3.63, 3.8) is 0 Å². The van der Waals surface area contributed by atoms with Gasteiger partial charge in [-0.1, -0.05) is 39.9 Å². The Morgan fingerprint density at radius 2 is 2.16 bits per heavy atom. The van der Waals surface area contributed by atoms with Gasteiger partial charge in [-0.2, -0.15) is 4.57 Å². The van der Waals surface area contributed by atoms with E-state index in [1.165, 1.54) is 11.3 Å². The molecule has 1 aromatic carbocycles. The number of nitrogens with zero attached hydrogens (tertiary/aromatic N) is 4. The van der Waals surface area contributed by atoms with Crippen molar-refractivity contribution in [3.8, 4) is 0 Å². The predicted octanol–water partition coefficient (Wildman–Crippen LogP) is 3.41. The Labute approximate surface area is 201 Å². The second kappa shape index (κ2) is 8.55. The van der Waals surface area contributed by atoms with Crippen LogP contribution in [0.25, 0.3) is 11.1 Å². The molecule has 4 aromatic rings. The molecule has 1 aliphatic heterocycles. The van der Waals surface area contributed by atoms with Crippen LogP contribution in [0.3, 0.4) is 0 Å². The lowest BCUT2D eigenvalue weighted by Crippen LogP contribution is -2.36. The lowest BCUT2D eigenvalue weighted by Gasteiger charge is -2.12. The Morgan fingerprint density at radius 3 is 2.91 bits per heavy atom. The Hall–Kier alpha value is -2.33. The smallest absolute Gasteiger partial charge is 0.271 e. The molecule has 10 heteroatoms. The van der Waals surface area contributed by atoms with E-state index in [4.69, 9.17) is 16.1 Å². The van der Waals surface area contributed by atoms with E-state index in [9.17, 15) is 4.79 Å². The summed E-state index contributed by atoms with van der Waals surface area (Å²) in [7, 11) is 1.98. The number of rotatable bonds is 4. The molecular weight excluding hydrogens is 484 g/mol. The van der Waals surface area contributed by atoms with Gasteiger partial charge in [-0.05, 0) is 32.0 Å². The first kappa shape index (κ1) is 21.5. The van der Waals surface area contributed by atoms with Crippen LogP contribution >= 0.6 is 46.0 Å². The largest absolute Gasteiger partial charge is 0.361 e. The van der Waals surface area contributed by atoms with E-state index in [1.807, 2.05) is 61.3 Å². The number of halogens is 1. The Kier molecular flexibility index (Phi) is 5.75. The first-order valence-electron chi connectivity index (χ1n) is 10.0. The molecule has 5 rings (SSSR count). The molecule has 164 valence electrons. The van der Waals surface area contributed by atoms with Gasteiger partial charge in [-0.15, -0.1) is 11.3 Å². The number of hydrogen-bond donors (Lipinski definition) is 0. The zero-order valence-electron chi connectivity index (χ0n) is 17.7. The van der Waals surface area contributed by atoms with E-state index in [0.29, 0.717) is 18.1 Å². The quantitative estimate of drug-likeness (QED) is 0.399. The highest BCUT2D eigenvalue weighted by Gasteiger charge is 2.25. The second-order valence-electron chi connectivity index (χ2n) is 7.34. The summed E-state index contributed by atoms with van der Waals surface area (Å²) < 4.78 is 10.8. The summed E-state index contributed by atoms with van der Waals surface area (Å²) in [6.07, 6.45) is 4.11.